The van der Waals surface area contributed by atoms with Crippen molar-refractivity contribution in [3.05, 3.63) is 312 Å². The van der Waals surface area contributed by atoms with E-state index in [9.17, 15) is 0 Å². The third kappa shape index (κ3) is 26.2. The average molecular weight is 1120 g/mol. The van der Waals surface area contributed by atoms with E-state index in [2.05, 4.69) is 305 Å². The zero-order chi connectivity index (χ0) is 60.3. The predicted octanol–water partition coefficient (Wildman–Crippen LogP) is 25.5. The fourth-order valence-corrected chi connectivity index (χ4v) is 10.2. The molecule has 438 valence electrons. The minimum absolute atomic E-state index is 1.04. The Morgan fingerprint density at radius 2 is 0.588 bits per heavy atom. The lowest BCUT2D eigenvalue weighted by Gasteiger charge is -2.15. The van der Waals surface area contributed by atoms with Crippen molar-refractivity contribution in [3.63, 3.8) is 0 Å². The molecule has 11 aromatic rings. The molecule has 85 heavy (non-hydrogen) atoms. The van der Waals surface area contributed by atoms with Crippen molar-refractivity contribution < 1.29 is 0 Å². The van der Waals surface area contributed by atoms with Crippen LogP contribution in [-0.4, -0.2) is 0 Å². The average Bonchev–Trinajstić information content (AvgIpc) is 4.22. The lowest BCUT2D eigenvalue weighted by atomic mass is 9.91. The molecule has 0 spiro atoms. The lowest BCUT2D eigenvalue weighted by Crippen LogP contribution is -1.99. The van der Waals surface area contributed by atoms with E-state index in [0.717, 1.165) is 17.8 Å². The molecule has 0 aromatic heterocycles. The van der Waals surface area contributed by atoms with Gasteiger partial charge in [-0.15, -0.1) is 0 Å². The molecular weight excluding hydrogens is 1020 g/mol. The molecule has 3 aliphatic carbocycles. The topological polar surface area (TPSA) is 0 Å². The summed E-state index contributed by atoms with van der Waals surface area (Å²) in [5.74, 6) is 3.17. The van der Waals surface area contributed by atoms with Crippen LogP contribution in [0, 0.1) is 59.3 Å². The number of rotatable bonds is 3. The van der Waals surface area contributed by atoms with E-state index in [1.165, 1.54) is 159 Å². The molecule has 3 saturated carbocycles. The van der Waals surface area contributed by atoms with Gasteiger partial charge in [-0.1, -0.05) is 393 Å². The molecule has 0 heterocycles. The van der Waals surface area contributed by atoms with Gasteiger partial charge in [0.25, 0.3) is 0 Å². The first-order valence-corrected chi connectivity index (χ1v) is 31.7. The molecule has 11 aromatic carbocycles. The molecule has 0 atom stereocenters. The fraction of sp³-hybridized carbons (Fsp3) is 0.271. The molecule has 3 fully saturated rings. The standard InChI is InChI=1S/3C13H12.2C11H10.C7H14.C7H8.C6H12.C4H8/c1-11-7-5-6-10-13(11)12-8-3-2-4-9-12;1-11-6-5-9-13(10-11)12-7-3-2-4-8-12;1-11-7-9-13(10-8-11)12-5-3-2-4-6-12;1-9-5-4-7-10-6-2-3-8-11(9)10;1-9-6-7-10-4-2-3-5-11(10)8-9;2*1-7-5-3-2-4-6-7;1-6-4-2-3-5-6;1-4-2-3-4/h3*2-10H,1H3;2*2-8H,1H3;7H,2-6H2,1H3;2-6H,1H3;6H,2-5H2,1H3;4H,2-3H2,1H3. The third-order valence-corrected chi connectivity index (χ3v) is 15.8. The summed E-state index contributed by atoms with van der Waals surface area (Å²) in [7, 11) is 0. The Hall–Kier alpha value is -8.06. The molecular formula is C85H98. The van der Waals surface area contributed by atoms with Gasteiger partial charge in [0, 0.05) is 0 Å². The van der Waals surface area contributed by atoms with Crippen molar-refractivity contribution in [1.82, 2.24) is 0 Å². The lowest BCUT2D eigenvalue weighted by molar-refractivity contribution is 0.385. The smallest absolute Gasteiger partial charge is 0.0155 e. The van der Waals surface area contributed by atoms with E-state index in [1.807, 2.05) is 36.4 Å². The highest BCUT2D eigenvalue weighted by Gasteiger charge is 2.12. The van der Waals surface area contributed by atoms with Gasteiger partial charge in [0.2, 0.25) is 0 Å². The monoisotopic (exact) mass is 1120 g/mol. The number of hydrogen-bond donors (Lipinski definition) is 0. The maximum Gasteiger partial charge on any atom is -0.0155 e. The van der Waals surface area contributed by atoms with E-state index >= 15 is 0 Å². The van der Waals surface area contributed by atoms with Crippen molar-refractivity contribution in [2.45, 2.75) is 133 Å². The number of benzene rings is 11. The molecule has 0 aliphatic heterocycles. The van der Waals surface area contributed by atoms with Gasteiger partial charge in [-0.05, 0) is 125 Å². The zero-order valence-electron chi connectivity index (χ0n) is 53.1. The first-order chi connectivity index (χ1) is 41.4. The van der Waals surface area contributed by atoms with Gasteiger partial charge in [-0.3, -0.25) is 0 Å². The Kier molecular flexibility index (Phi) is 29.5. The summed E-state index contributed by atoms with van der Waals surface area (Å²) in [6.07, 6.45) is 16.4. The van der Waals surface area contributed by atoms with Gasteiger partial charge in [0.15, 0.2) is 0 Å². The van der Waals surface area contributed by atoms with Crippen LogP contribution in [0.25, 0.3) is 54.9 Å². The van der Waals surface area contributed by atoms with Crippen LogP contribution in [-0.2, 0) is 0 Å². The summed E-state index contributed by atoms with van der Waals surface area (Å²) in [5.41, 5.74) is 15.7. The quantitative estimate of drug-likeness (QED) is 0.165. The minimum atomic E-state index is 1.04. The maximum absolute atomic E-state index is 2.36. The summed E-state index contributed by atoms with van der Waals surface area (Å²) in [4.78, 5) is 0. The van der Waals surface area contributed by atoms with E-state index in [4.69, 9.17) is 0 Å². The van der Waals surface area contributed by atoms with Crippen molar-refractivity contribution in [1.29, 1.82) is 0 Å². The molecule has 0 bridgehead atoms. The van der Waals surface area contributed by atoms with Crippen LogP contribution in [0.15, 0.2) is 279 Å². The zero-order valence-corrected chi connectivity index (χ0v) is 53.1. The van der Waals surface area contributed by atoms with Gasteiger partial charge in [0.05, 0.1) is 0 Å². The Morgan fingerprint density at radius 1 is 0.224 bits per heavy atom. The largest absolute Gasteiger partial charge is 0.0625 e. The van der Waals surface area contributed by atoms with Crippen LogP contribution >= 0.6 is 0 Å². The Morgan fingerprint density at radius 3 is 1.07 bits per heavy atom. The van der Waals surface area contributed by atoms with Crippen molar-refractivity contribution in [3.8, 4) is 33.4 Å². The van der Waals surface area contributed by atoms with Gasteiger partial charge < -0.3 is 0 Å². The van der Waals surface area contributed by atoms with Gasteiger partial charge in [-0.25, -0.2) is 0 Å². The second-order valence-electron chi connectivity index (χ2n) is 23.8. The SMILES string of the molecule is CC1CC1.CC1CCCC1.CC1CCCCC1.Cc1ccc(-c2ccccc2)cc1.Cc1ccc2ccccc2c1.Cc1cccc(-c2ccccc2)c1.Cc1cccc2ccccc12.Cc1ccccc1.Cc1ccccc1-c1ccccc1. The number of fused-ring (bicyclic) bond motifs is 2. The molecule has 14 rings (SSSR count). The van der Waals surface area contributed by atoms with Crippen LogP contribution in [0.1, 0.15) is 125 Å². The highest BCUT2D eigenvalue weighted by atomic mass is 14.2. The van der Waals surface area contributed by atoms with Crippen molar-refractivity contribution in [2.24, 2.45) is 17.8 Å². The number of hydrogen-bond acceptors (Lipinski definition) is 0. The maximum atomic E-state index is 2.36. The second kappa shape index (κ2) is 38.0. The Bertz CT molecular complexity index is 3480. The predicted molar refractivity (Wildman–Crippen MR) is 377 cm³/mol. The molecule has 0 amide bonds. The third-order valence-electron chi connectivity index (χ3n) is 15.8. The van der Waals surface area contributed by atoms with E-state index < -0.39 is 0 Å². The first kappa shape index (κ1) is 66.1. The highest BCUT2D eigenvalue weighted by Crippen LogP contribution is 2.27. The fourth-order valence-electron chi connectivity index (χ4n) is 10.2. The van der Waals surface area contributed by atoms with Crippen LogP contribution in [0.5, 0.6) is 0 Å². The Balaban J connectivity index is 0.000000156. The first-order valence-electron chi connectivity index (χ1n) is 31.7. The van der Waals surface area contributed by atoms with Crippen molar-refractivity contribution in [2.75, 3.05) is 0 Å². The molecule has 0 heteroatoms. The van der Waals surface area contributed by atoms with E-state index in [0.29, 0.717) is 0 Å². The van der Waals surface area contributed by atoms with Crippen LogP contribution in [0.4, 0.5) is 0 Å². The van der Waals surface area contributed by atoms with E-state index in [1.54, 1.807) is 0 Å². The van der Waals surface area contributed by atoms with Gasteiger partial charge >= 0.3 is 0 Å². The normalized spacial score (nSPS) is 13.0. The summed E-state index contributed by atoms with van der Waals surface area (Å²) >= 11 is 0. The summed E-state index contributed by atoms with van der Waals surface area (Å²) in [5, 5.41) is 5.33. The molecule has 0 saturated heterocycles. The van der Waals surface area contributed by atoms with Gasteiger partial charge in [-0.2, -0.15) is 0 Å². The van der Waals surface area contributed by atoms with Crippen LogP contribution in [0.3, 0.4) is 0 Å². The van der Waals surface area contributed by atoms with Crippen molar-refractivity contribution >= 4 is 21.5 Å². The molecule has 0 nitrogen and oxygen atoms in total. The minimum Gasteiger partial charge on any atom is -0.0625 e. The molecule has 0 radical (unpaired) electrons. The summed E-state index contributed by atoms with van der Waals surface area (Å²) in [6, 6.07) is 96.9. The number of aryl methyl sites for hydroxylation is 6. The Labute approximate surface area is 515 Å². The summed E-state index contributed by atoms with van der Waals surface area (Å²) in [6.45, 7) is 19.7. The van der Waals surface area contributed by atoms with Crippen LogP contribution in [0.2, 0.25) is 0 Å². The van der Waals surface area contributed by atoms with Gasteiger partial charge in [0.1, 0.15) is 0 Å². The second-order valence-corrected chi connectivity index (χ2v) is 23.8. The highest BCUT2D eigenvalue weighted by molar-refractivity contribution is 5.85. The molecule has 0 unspecified atom stereocenters. The van der Waals surface area contributed by atoms with Crippen LogP contribution < -0.4 is 0 Å². The van der Waals surface area contributed by atoms with E-state index in [-0.39, 0.29) is 0 Å². The molecule has 3 aliphatic rings. The molecule has 0 N–H and O–H groups in total. The summed E-state index contributed by atoms with van der Waals surface area (Å²) < 4.78 is 0.